The molecule has 150 valence electrons. The highest BCUT2D eigenvalue weighted by molar-refractivity contribution is 5.79. The summed E-state index contributed by atoms with van der Waals surface area (Å²) >= 11 is 0. The molecule has 1 atom stereocenters. The van der Waals surface area contributed by atoms with E-state index in [0.29, 0.717) is 6.54 Å². The summed E-state index contributed by atoms with van der Waals surface area (Å²) in [4.78, 5) is 11.6. The van der Waals surface area contributed by atoms with Crippen LogP contribution in [0.3, 0.4) is 0 Å². The number of hydrogen-bond acceptors (Lipinski definition) is 4. The first-order valence-electron chi connectivity index (χ1n) is 10.0. The average Bonchev–Trinajstić information content (AvgIpc) is 2.71. The van der Waals surface area contributed by atoms with Gasteiger partial charge in [-0.3, -0.25) is 0 Å². The van der Waals surface area contributed by atoms with Gasteiger partial charge in [0.15, 0.2) is 5.96 Å². The molecule has 0 radical (unpaired) electrons. The van der Waals surface area contributed by atoms with Gasteiger partial charge in [-0.2, -0.15) is 0 Å². The van der Waals surface area contributed by atoms with Gasteiger partial charge < -0.3 is 20.3 Å². The fourth-order valence-corrected chi connectivity index (χ4v) is 3.16. The second kappa shape index (κ2) is 10.1. The molecule has 0 aliphatic carbocycles. The summed E-state index contributed by atoms with van der Waals surface area (Å²) in [6.07, 6.45) is 2.11. The first-order chi connectivity index (χ1) is 13.6. The first kappa shape index (κ1) is 20.1. The standard InChI is InChI=1S/C22H31N5O/c1-4-23-22(25-14-19-7-5-17(2)6-8-19)26-15-20-9-10-24-21(13-20)27-11-12-28-18(3)16-27/h5-10,13,18H,4,11-12,14-16H2,1-3H3,(H2,23,25,26). The molecule has 2 N–H and O–H groups in total. The molecule has 1 aromatic heterocycles. The van der Waals surface area contributed by atoms with Crippen LogP contribution in [0.25, 0.3) is 0 Å². The van der Waals surface area contributed by atoms with E-state index in [0.717, 1.165) is 50.1 Å². The van der Waals surface area contributed by atoms with Crippen molar-refractivity contribution in [2.24, 2.45) is 4.99 Å². The van der Waals surface area contributed by atoms with Gasteiger partial charge >= 0.3 is 0 Å². The van der Waals surface area contributed by atoms with Crippen LogP contribution in [-0.2, 0) is 17.8 Å². The van der Waals surface area contributed by atoms with Gasteiger partial charge in [-0.1, -0.05) is 29.8 Å². The fourth-order valence-electron chi connectivity index (χ4n) is 3.16. The topological polar surface area (TPSA) is 61.8 Å². The molecule has 1 aromatic carbocycles. The molecule has 28 heavy (non-hydrogen) atoms. The summed E-state index contributed by atoms with van der Waals surface area (Å²) in [6, 6.07) is 12.7. The lowest BCUT2D eigenvalue weighted by atomic mass is 10.1. The molecule has 6 nitrogen and oxygen atoms in total. The molecule has 1 unspecified atom stereocenters. The highest BCUT2D eigenvalue weighted by atomic mass is 16.5. The minimum absolute atomic E-state index is 0.239. The first-order valence-corrected chi connectivity index (χ1v) is 10.0. The van der Waals surface area contributed by atoms with Crippen LogP contribution in [0.2, 0.25) is 0 Å². The highest BCUT2D eigenvalue weighted by Gasteiger charge is 2.17. The molecule has 2 heterocycles. The van der Waals surface area contributed by atoms with Crippen molar-refractivity contribution in [1.82, 2.24) is 15.6 Å². The number of aryl methyl sites for hydroxylation is 1. The Morgan fingerprint density at radius 3 is 2.79 bits per heavy atom. The Hall–Kier alpha value is -2.60. The van der Waals surface area contributed by atoms with Crippen molar-refractivity contribution in [3.63, 3.8) is 0 Å². The molecular formula is C22H31N5O. The Morgan fingerprint density at radius 1 is 1.21 bits per heavy atom. The van der Waals surface area contributed by atoms with Gasteiger partial charge in [0.1, 0.15) is 5.82 Å². The predicted molar refractivity (Wildman–Crippen MR) is 115 cm³/mol. The van der Waals surface area contributed by atoms with Crippen molar-refractivity contribution in [2.75, 3.05) is 31.1 Å². The molecule has 1 saturated heterocycles. The van der Waals surface area contributed by atoms with Crippen LogP contribution >= 0.6 is 0 Å². The van der Waals surface area contributed by atoms with Crippen LogP contribution in [-0.4, -0.2) is 43.3 Å². The quantitative estimate of drug-likeness (QED) is 0.595. The fraction of sp³-hybridized carbons (Fsp3) is 0.455. The molecule has 0 spiro atoms. The Balaban J connectivity index is 1.62. The highest BCUT2D eigenvalue weighted by Crippen LogP contribution is 2.17. The van der Waals surface area contributed by atoms with Gasteiger partial charge in [-0.05, 0) is 44.0 Å². The molecule has 1 aliphatic heterocycles. The lowest BCUT2D eigenvalue weighted by Crippen LogP contribution is -2.41. The number of nitrogens with zero attached hydrogens (tertiary/aromatic N) is 3. The third kappa shape index (κ3) is 5.96. The van der Waals surface area contributed by atoms with Crippen LogP contribution in [0.15, 0.2) is 47.6 Å². The number of pyridine rings is 1. The van der Waals surface area contributed by atoms with Gasteiger partial charge in [0.05, 0.1) is 19.3 Å². The van der Waals surface area contributed by atoms with E-state index in [1.807, 2.05) is 12.3 Å². The Morgan fingerprint density at radius 2 is 2.04 bits per heavy atom. The van der Waals surface area contributed by atoms with Crippen molar-refractivity contribution in [3.8, 4) is 0 Å². The summed E-state index contributed by atoms with van der Waals surface area (Å²) in [5.41, 5.74) is 3.66. The Labute approximate surface area is 168 Å². The van der Waals surface area contributed by atoms with Gasteiger partial charge in [-0.15, -0.1) is 0 Å². The van der Waals surface area contributed by atoms with Crippen LogP contribution < -0.4 is 15.5 Å². The third-order valence-electron chi connectivity index (χ3n) is 4.72. The lowest BCUT2D eigenvalue weighted by Gasteiger charge is -2.32. The van der Waals surface area contributed by atoms with Crippen molar-refractivity contribution < 1.29 is 4.74 Å². The van der Waals surface area contributed by atoms with E-state index in [1.165, 1.54) is 11.1 Å². The van der Waals surface area contributed by atoms with E-state index >= 15 is 0 Å². The number of benzene rings is 1. The van der Waals surface area contributed by atoms with E-state index in [4.69, 9.17) is 9.73 Å². The minimum Gasteiger partial charge on any atom is -0.375 e. The number of aromatic nitrogens is 1. The average molecular weight is 382 g/mol. The van der Waals surface area contributed by atoms with Crippen LogP contribution in [0.1, 0.15) is 30.5 Å². The number of rotatable bonds is 6. The zero-order chi connectivity index (χ0) is 19.8. The van der Waals surface area contributed by atoms with Gasteiger partial charge in [-0.25, -0.2) is 9.98 Å². The van der Waals surface area contributed by atoms with Crippen molar-refractivity contribution in [3.05, 3.63) is 59.3 Å². The van der Waals surface area contributed by atoms with Gasteiger partial charge in [0, 0.05) is 32.4 Å². The van der Waals surface area contributed by atoms with Crippen molar-refractivity contribution in [1.29, 1.82) is 0 Å². The van der Waals surface area contributed by atoms with Crippen LogP contribution in [0.4, 0.5) is 5.82 Å². The van der Waals surface area contributed by atoms with E-state index in [-0.39, 0.29) is 6.10 Å². The monoisotopic (exact) mass is 381 g/mol. The summed E-state index contributed by atoms with van der Waals surface area (Å²) in [5.74, 6) is 1.82. The van der Waals surface area contributed by atoms with E-state index < -0.39 is 0 Å². The lowest BCUT2D eigenvalue weighted by molar-refractivity contribution is 0.0529. The van der Waals surface area contributed by atoms with Crippen LogP contribution in [0.5, 0.6) is 0 Å². The van der Waals surface area contributed by atoms with Crippen LogP contribution in [0, 0.1) is 6.92 Å². The van der Waals surface area contributed by atoms with E-state index in [9.17, 15) is 0 Å². The normalized spacial score (nSPS) is 17.5. The van der Waals surface area contributed by atoms with Crippen molar-refractivity contribution in [2.45, 2.75) is 40.0 Å². The largest absolute Gasteiger partial charge is 0.375 e. The SMILES string of the molecule is CCNC(=NCc1ccnc(N2CCOC(C)C2)c1)NCc1ccc(C)cc1. The zero-order valence-corrected chi connectivity index (χ0v) is 17.1. The van der Waals surface area contributed by atoms with Gasteiger partial charge in [0.25, 0.3) is 0 Å². The summed E-state index contributed by atoms with van der Waals surface area (Å²) in [7, 11) is 0. The molecule has 1 fully saturated rings. The maximum absolute atomic E-state index is 5.63. The predicted octanol–water partition coefficient (Wildman–Crippen LogP) is 2.87. The van der Waals surface area contributed by atoms with Gasteiger partial charge in [0.2, 0.25) is 0 Å². The third-order valence-corrected chi connectivity index (χ3v) is 4.72. The molecule has 3 rings (SSSR count). The van der Waals surface area contributed by atoms with E-state index in [2.05, 4.69) is 71.6 Å². The number of guanidine groups is 1. The number of aliphatic imine (C=N–C) groups is 1. The zero-order valence-electron chi connectivity index (χ0n) is 17.1. The molecule has 0 amide bonds. The number of ether oxygens (including phenoxy) is 1. The summed E-state index contributed by atoms with van der Waals surface area (Å²) < 4.78 is 5.63. The molecule has 6 heteroatoms. The molecule has 2 aromatic rings. The maximum atomic E-state index is 5.63. The molecule has 1 aliphatic rings. The summed E-state index contributed by atoms with van der Waals surface area (Å²) in [6.45, 7) is 11.0. The minimum atomic E-state index is 0.239. The number of anilines is 1. The molecule has 0 bridgehead atoms. The molecular weight excluding hydrogens is 350 g/mol. The smallest absolute Gasteiger partial charge is 0.191 e. The van der Waals surface area contributed by atoms with E-state index in [1.54, 1.807) is 0 Å². The number of morpholine rings is 1. The Kier molecular flexibility index (Phi) is 7.25. The Bertz CT molecular complexity index is 775. The second-order valence-corrected chi connectivity index (χ2v) is 7.18. The number of hydrogen-bond donors (Lipinski definition) is 2. The van der Waals surface area contributed by atoms with Crippen molar-refractivity contribution >= 4 is 11.8 Å². The maximum Gasteiger partial charge on any atom is 0.191 e. The summed E-state index contributed by atoms with van der Waals surface area (Å²) in [5, 5.41) is 6.72. The number of nitrogens with one attached hydrogen (secondary N) is 2. The second-order valence-electron chi connectivity index (χ2n) is 7.18. The molecule has 0 saturated carbocycles.